The molecular formula is C15H15N3O2S. The normalized spacial score (nSPS) is 11.0. The zero-order valence-electron chi connectivity index (χ0n) is 11.7. The number of hydrogen-bond acceptors (Lipinski definition) is 4. The number of aromatic nitrogens is 2. The summed E-state index contributed by atoms with van der Waals surface area (Å²) >= 11 is 1.75. The van der Waals surface area contributed by atoms with Gasteiger partial charge in [-0.15, -0.1) is 11.3 Å². The predicted octanol–water partition coefficient (Wildman–Crippen LogP) is 2.51. The van der Waals surface area contributed by atoms with Crippen LogP contribution in [-0.4, -0.2) is 10.2 Å². The third kappa shape index (κ3) is 2.50. The minimum atomic E-state index is -0.300. The van der Waals surface area contributed by atoms with Gasteiger partial charge in [-0.1, -0.05) is 6.07 Å². The van der Waals surface area contributed by atoms with Crippen LogP contribution < -0.4 is 16.4 Å². The van der Waals surface area contributed by atoms with Crippen molar-refractivity contribution in [3.05, 3.63) is 60.3 Å². The number of thiophene rings is 1. The molecule has 0 bridgehead atoms. The van der Waals surface area contributed by atoms with E-state index in [9.17, 15) is 9.59 Å². The molecule has 0 aliphatic carbocycles. The van der Waals surface area contributed by atoms with E-state index in [1.54, 1.807) is 23.5 Å². The Morgan fingerprint density at radius 3 is 2.62 bits per heavy atom. The van der Waals surface area contributed by atoms with Gasteiger partial charge in [-0.3, -0.25) is 19.8 Å². The maximum atomic E-state index is 12.0. The molecule has 2 heterocycles. The first-order chi connectivity index (χ1) is 10.1. The van der Waals surface area contributed by atoms with Crippen molar-refractivity contribution in [1.82, 2.24) is 10.2 Å². The molecule has 108 valence electrons. The second-order valence-corrected chi connectivity index (χ2v) is 6.39. The summed E-state index contributed by atoms with van der Waals surface area (Å²) in [5.74, 6) is 0. The van der Waals surface area contributed by atoms with E-state index in [4.69, 9.17) is 0 Å². The smallest absolute Gasteiger partial charge is 0.272 e. The molecule has 3 rings (SSSR count). The van der Waals surface area contributed by atoms with Crippen LogP contribution in [0.1, 0.15) is 15.3 Å². The number of fused-ring (bicyclic) bond motifs is 1. The van der Waals surface area contributed by atoms with Crippen LogP contribution in [0.25, 0.3) is 10.8 Å². The van der Waals surface area contributed by atoms with Crippen molar-refractivity contribution < 1.29 is 0 Å². The van der Waals surface area contributed by atoms with Gasteiger partial charge in [0.05, 0.1) is 10.8 Å². The fourth-order valence-electron chi connectivity index (χ4n) is 2.43. The van der Waals surface area contributed by atoms with E-state index < -0.39 is 0 Å². The lowest BCUT2D eigenvalue weighted by Gasteiger charge is -2.08. The van der Waals surface area contributed by atoms with Crippen LogP contribution in [0.5, 0.6) is 0 Å². The summed E-state index contributed by atoms with van der Waals surface area (Å²) in [6, 6.07) is 7.36. The molecule has 0 fully saturated rings. The summed E-state index contributed by atoms with van der Waals surface area (Å²) in [4.78, 5) is 26.3. The Hall–Kier alpha value is -2.34. The Kier molecular flexibility index (Phi) is 3.39. The monoisotopic (exact) mass is 301 g/mol. The third-order valence-electron chi connectivity index (χ3n) is 3.44. The fourth-order valence-corrected chi connectivity index (χ4v) is 3.37. The Balaban J connectivity index is 2.02. The lowest BCUT2D eigenvalue weighted by molar-refractivity contribution is 0.976. The topological polar surface area (TPSA) is 77.8 Å². The van der Waals surface area contributed by atoms with Crippen LogP contribution in [-0.2, 0) is 6.54 Å². The molecule has 3 N–H and O–H groups in total. The molecule has 0 aliphatic rings. The molecule has 5 nitrogen and oxygen atoms in total. The number of aromatic amines is 2. The van der Waals surface area contributed by atoms with Gasteiger partial charge in [-0.05, 0) is 37.6 Å². The Morgan fingerprint density at radius 2 is 1.90 bits per heavy atom. The van der Waals surface area contributed by atoms with E-state index in [1.165, 1.54) is 15.3 Å². The molecule has 6 heteroatoms. The summed E-state index contributed by atoms with van der Waals surface area (Å²) < 4.78 is 0. The van der Waals surface area contributed by atoms with Crippen molar-refractivity contribution in [2.75, 3.05) is 5.32 Å². The zero-order valence-corrected chi connectivity index (χ0v) is 12.6. The lowest BCUT2D eigenvalue weighted by Crippen LogP contribution is -2.20. The number of anilines is 1. The van der Waals surface area contributed by atoms with E-state index in [0.717, 1.165) is 0 Å². The molecular weight excluding hydrogens is 286 g/mol. The van der Waals surface area contributed by atoms with Gasteiger partial charge in [0.1, 0.15) is 0 Å². The Morgan fingerprint density at radius 1 is 1.14 bits per heavy atom. The van der Waals surface area contributed by atoms with Crippen LogP contribution in [0.3, 0.4) is 0 Å². The summed E-state index contributed by atoms with van der Waals surface area (Å²) in [6.07, 6.45) is 0. The number of aryl methyl sites for hydroxylation is 2. The van der Waals surface area contributed by atoms with Crippen LogP contribution >= 0.6 is 11.3 Å². The highest BCUT2D eigenvalue weighted by Gasteiger charge is 2.09. The standard InChI is InChI=1S/C15H15N3O2S/c1-8-6-10(9(2)21-8)7-16-12-5-3-4-11-13(12)15(20)18-17-14(11)19/h3-6,16H,7H2,1-2H3,(H,17,19)(H,18,20). The second-order valence-electron chi connectivity index (χ2n) is 4.93. The first-order valence-electron chi connectivity index (χ1n) is 6.59. The molecule has 0 unspecified atom stereocenters. The predicted molar refractivity (Wildman–Crippen MR) is 86.3 cm³/mol. The SMILES string of the molecule is Cc1cc(CNc2cccc3c(=O)[nH][nH]c(=O)c23)c(C)s1. The van der Waals surface area contributed by atoms with Crippen molar-refractivity contribution in [3.63, 3.8) is 0 Å². The number of hydrogen-bond donors (Lipinski definition) is 3. The van der Waals surface area contributed by atoms with E-state index in [2.05, 4.69) is 35.4 Å². The highest BCUT2D eigenvalue weighted by molar-refractivity contribution is 7.12. The molecule has 0 amide bonds. The van der Waals surface area contributed by atoms with Crippen molar-refractivity contribution in [1.29, 1.82) is 0 Å². The highest BCUT2D eigenvalue weighted by Crippen LogP contribution is 2.23. The number of benzene rings is 1. The highest BCUT2D eigenvalue weighted by atomic mass is 32.1. The van der Waals surface area contributed by atoms with Crippen LogP contribution in [0.2, 0.25) is 0 Å². The Bertz CT molecular complexity index is 921. The van der Waals surface area contributed by atoms with Gasteiger partial charge in [0.25, 0.3) is 11.1 Å². The van der Waals surface area contributed by atoms with Crippen molar-refractivity contribution in [2.45, 2.75) is 20.4 Å². The molecule has 0 spiro atoms. The fraction of sp³-hybridized carbons (Fsp3) is 0.200. The lowest BCUT2D eigenvalue weighted by atomic mass is 10.1. The van der Waals surface area contributed by atoms with Crippen LogP contribution in [0.4, 0.5) is 5.69 Å². The van der Waals surface area contributed by atoms with Crippen LogP contribution in [0, 0.1) is 13.8 Å². The third-order valence-corrected chi connectivity index (χ3v) is 4.45. The van der Waals surface area contributed by atoms with E-state index in [1.807, 2.05) is 6.07 Å². The van der Waals surface area contributed by atoms with Gasteiger partial charge in [0.2, 0.25) is 0 Å². The van der Waals surface area contributed by atoms with E-state index in [-0.39, 0.29) is 11.1 Å². The maximum Gasteiger partial charge on any atom is 0.272 e. The largest absolute Gasteiger partial charge is 0.380 e. The quantitative estimate of drug-likeness (QED) is 0.695. The maximum absolute atomic E-state index is 12.0. The van der Waals surface area contributed by atoms with Crippen molar-refractivity contribution in [2.24, 2.45) is 0 Å². The summed E-state index contributed by atoms with van der Waals surface area (Å²) in [7, 11) is 0. The average molecular weight is 301 g/mol. The van der Waals surface area contributed by atoms with Gasteiger partial charge in [-0.2, -0.15) is 0 Å². The summed E-state index contributed by atoms with van der Waals surface area (Å²) in [5, 5.41) is 8.75. The number of rotatable bonds is 3. The first-order valence-corrected chi connectivity index (χ1v) is 7.41. The minimum absolute atomic E-state index is 0.296. The summed E-state index contributed by atoms with van der Waals surface area (Å²) in [5.41, 5.74) is 1.28. The molecule has 0 radical (unpaired) electrons. The molecule has 3 aromatic rings. The van der Waals surface area contributed by atoms with Gasteiger partial charge in [0, 0.05) is 22.0 Å². The van der Waals surface area contributed by atoms with E-state index in [0.29, 0.717) is 23.0 Å². The molecule has 0 saturated heterocycles. The number of nitrogens with one attached hydrogen (secondary N) is 3. The molecule has 21 heavy (non-hydrogen) atoms. The van der Waals surface area contributed by atoms with Gasteiger partial charge in [-0.25, -0.2) is 0 Å². The zero-order chi connectivity index (χ0) is 15.0. The Labute approximate surface area is 124 Å². The van der Waals surface area contributed by atoms with Crippen molar-refractivity contribution in [3.8, 4) is 0 Å². The van der Waals surface area contributed by atoms with Gasteiger partial charge < -0.3 is 5.32 Å². The van der Waals surface area contributed by atoms with E-state index >= 15 is 0 Å². The molecule has 1 aromatic carbocycles. The second kappa shape index (κ2) is 5.21. The van der Waals surface area contributed by atoms with Gasteiger partial charge >= 0.3 is 0 Å². The average Bonchev–Trinajstić information content (AvgIpc) is 2.78. The molecule has 2 aromatic heterocycles. The van der Waals surface area contributed by atoms with Crippen LogP contribution in [0.15, 0.2) is 33.9 Å². The van der Waals surface area contributed by atoms with Crippen molar-refractivity contribution >= 4 is 27.8 Å². The molecule has 0 atom stereocenters. The molecule has 0 aliphatic heterocycles. The summed E-state index contributed by atoms with van der Waals surface area (Å²) in [6.45, 7) is 4.78. The number of H-pyrrole nitrogens is 2. The minimum Gasteiger partial charge on any atom is -0.380 e. The van der Waals surface area contributed by atoms with Gasteiger partial charge in [0.15, 0.2) is 0 Å². The first kappa shape index (κ1) is 13.6. The molecule has 0 saturated carbocycles.